The largest absolute Gasteiger partial charge is 0.496 e. The number of methoxy groups -OCH3 is 1. The smallest absolute Gasteiger partial charge is 0.289 e. The average molecular weight is 283 g/mol. The van der Waals surface area contributed by atoms with Crippen LogP contribution in [0.5, 0.6) is 5.75 Å². The van der Waals surface area contributed by atoms with Crippen molar-refractivity contribution in [2.24, 2.45) is 5.10 Å². The van der Waals surface area contributed by atoms with Gasteiger partial charge in [-0.05, 0) is 38.1 Å². The van der Waals surface area contributed by atoms with E-state index < -0.39 is 0 Å². The number of hydrazone groups is 1. The van der Waals surface area contributed by atoms with E-state index in [4.69, 9.17) is 4.74 Å². The number of carbonyl (C=O) groups is 1. The number of rotatable bonds is 4. The van der Waals surface area contributed by atoms with Gasteiger partial charge in [0, 0.05) is 11.8 Å². The number of pyridine rings is 1. The molecule has 1 N–H and O–H groups in total. The molecule has 1 aromatic carbocycles. The summed E-state index contributed by atoms with van der Waals surface area (Å²) in [4.78, 5) is 15.9. The van der Waals surface area contributed by atoms with Crippen molar-refractivity contribution in [1.29, 1.82) is 0 Å². The molecule has 108 valence electrons. The van der Waals surface area contributed by atoms with Crippen molar-refractivity contribution < 1.29 is 9.53 Å². The third kappa shape index (κ3) is 3.66. The molecule has 5 heteroatoms. The fraction of sp³-hybridized carbons (Fsp3) is 0.188. The number of aryl methyl sites for hydroxylation is 1. The number of ether oxygens (including phenoxy) is 1. The predicted octanol–water partition coefficient (Wildman–Crippen LogP) is 2.55. The van der Waals surface area contributed by atoms with Crippen molar-refractivity contribution in [3.8, 4) is 5.75 Å². The van der Waals surface area contributed by atoms with Crippen LogP contribution in [0.3, 0.4) is 0 Å². The van der Waals surface area contributed by atoms with Crippen molar-refractivity contribution in [1.82, 2.24) is 10.4 Å². The lowest BCUT2D eigenvalue weighted by Crippen LogP contribution is -2.20. The maximum Gasteiger partial charge on any atom is 0.289 e. The molecule has 0 radical (unpaired) electrons. The summed E-state index contributed by atoms with van der Waals surface area (Å²) in [7, 11) is 1.61. The SMILES string of the molecule is COc1ccc(C)cc1/C(C)=N\NC(=O)c1ccccn1. The fourth-order valence-electron chi connectivity index (χ4n) is 1.85. The molecule has 0 atom stereocenters. The van der Waals surface area contributed by atoms with Gasteiger partial charge in [-0.2, -0.15) is 5.10 Å². The van der Waals surface area contributed by atoms with Gasteiger partial charge >= 0.3 is 0 Å². The molecular weight excluding hydrogens is 266 g/mol. The van der Waals surface area contributed by atoms with Gasteiger partial charge in [-0.25, -0.2) is 5.43 Å². The molecule has 21 heavy (non-hydrogen) atoms. The summed E-state index contributed by atoms with van der Waals surface area (Å²) >= 11 is 0. The molecule has 2 rings (SSSR count). The molecule has 0 unspecified atom stereocenters. The van der Waals surface area contributed by atoms with E-state index in [1.165, 1.54) is 0 Å². The Morgan fingerprint density at radius 3 is 2.76 bits per heavy atom. The average Bonchev–Trinajstić information content (AvgIpc) is 2.53. The summed E-state index contributed by atoms with van der Waals surface area (Å²) in [5, 5.41) is 4.12. The number of nitrogens with one attached hydrogen (secondary N) is 1. The van der Waals surface area contributed by atoms with E-state index >= 15 is 0 Å². The predicted molar refractivity (Wildman–Crippen MR) is 81.6 cm³/mol. The maximum atomic E-state index is 11.9. The Morgan fingerprint density at radius 2 is 2.10 bits per heavy atom. The minimum absolute atomic E-state index is 0.324. The van der Waals surface area contributed by atoms with E-state index in [0.29, 0.717) is 17.2 Å². The van der Waals surface area contributed by atoms with Gasteiger partial charge in [0.1, 0.15) is 11.4 Å². The Bertz CT molecular complexity index is 666. The van der Waals surface area contributed by atoms with Crippen LogP contribution in [-0.4, -0.2) is 23.7 Å². The molecule has 0 aliphatic carbocycles. The van der Waals surface area contributed by atoms with Crippen LogP contribution in [0.25, 0.3) is 0 Å². The maximum absolute atomic E-state index is 11.9. The highest BCUT2D eigenvalue weighted by Gasteiger charge is 2.08. The third-order valence-corrected chi connectivity index (χ3v) is 2.97. The second-order valence-electron chi connectivity index (χ2n) is 4.56. The molecule has 1 amide bonds. The van der Waals surface area contributed by atoms with Gasteiger partial charge < -0.3 is 4.74 Å². The first-order chi connectivity index (χ1) is 10.1. The van der Waals surface area contributed by atoms with E-state index in [9.17, 15) is 4.79 Å². The van der Waals surface area contributed by atoms with E-state index in [1.54, 1.807) is 31.5 Å². The highest BCUT2D eigenvalue weighted by Crippen LogP contribution is 2.20. The van der Waals surface area contributed by atoms with Crippen molar-refractivity contribution in [2.45, 2.75) is 13.8 Å². The molecule has 2 aromatic rings. The van der Waals surface area contributed by atoms with Gasteiger partial charge in [-0.15, -0.1) is 0 Å². The number of benzene rings is 1. The summed E-state index contributed by atoms with van der Waals surface area (Å²) in [6.07, 6.45) is 1.56. The van der Waals surface area contributed by atoms with Gasteiger partial charge in [0.2, 0.25) is 0 Å². The number of hydrogen-bond acceptors (Lipinski definition) is 4. The molecule has 0 spiro atoms. The first kappa shape index (κ1) is 14.7. The standard InChI is InChI=1S/C16H17N3O2/c1-11-7-8-15(21-3)13(10-11)12(2)18-19-16(20)14-6-4-5-9-17-14/h4-10H,1-3H3,(H,19,20)/b18-12-. The normalized spacial score (nSPS) is 11.1. The Hall–Kier alpha value is -2.69. The first-order valence-corrected chi connectivity index (χ1v) is 6.52. The van der Waals surface area contributed by atoms with Gasteiger partial charge in [0.15, 0.2) is 0 Å². The van der Waals surface area contributed by atoms with E-state index in [-0.39, 0.29) is 5.91 Å². The Balaban J connectivity index is 2.18. The van der Waals surface area contributed by atoms with Crippen LogP contribution >= 0.6 is 0 Å². The van der Waals surface area contributed by atoms with Crippen LogP contribution in [0.4, 0.5) is 0 Å². The van der Waals surface area contributed by atoms with Crippen molar-refractivity contribution >= 4 is 11.6 Å². The van der Waals surface area contributed by atoms with Crippen LogP contribution in [0.1, 0.15) is 28.5 Å². The minimum atomic E-state index is -0.346. The fourth-order valence-corrected chi connectivity index (χ4v) is 1.85. The van der Waals surface area contributed by atoms with Crippen LogP contribution in [0, 0.1) is 6.92 Å². The van der Waals surface area contributed by atoms with E-state index in [2.05, 4.69) is 15.5 Å². The van der Waals surface area contributed by atoms with E-state index in [1.807, 2.05) is 32.0 Å². The molecule has 1 aromatic heterocycles. The summed E-state index contributed by atoms with van der Waals surface area (Å²) in [6.45, 7) is 3.80. The lowest BCUT2D eigenvalue weighted by molar-refractivity contribution is 0.0950. The zero-order chi connectivity index (χ0) is 15.2. The molecule has 0 bridgehead atoms. The number of aromatic nitrogens is 1. The molecule has 0 saturated carbocycles. The Labute approximate surface area is 123 Å². The lowest BCUT2D eigenvalue weighted by atomic mass is 10.1. The minimum Gasteiger partial charge on any atom is -0.496 e. The summed E-state index contributed by atoms with van der Waals surface area (Å²) in [6, 6.07) is 10.9. The highest BCUT2D eigenvalue weighted by molar-refractivity contribution is 6.02. The lowest BCUT2D eigenvalue weighted by Gasteiger charge is -2.09. The molecular formula is C16H17N3O2. The van der Waals surface area contributed by atoms with Crippen LogP contribution in [0.15, 0.2) is 47.7 Å². The van der Waals surface area contributed by atoms with Gasteiger partial charge in [0.25, 0.3) is 5.91 Å². The van der Waals surface area contributed by atoms with E-state index in [0.717, 1.165) is 11.1 Å². The van der Waals surface area contributed by atoms with Gasteiger partial charge in [-0.1, -0.05) is 17.7 Å². The third-order valence-electron chi connectivity index (χ3n) is 2.97. The summed E-state index contributed by atoms with van der Waals surface area (Å²) in [5.41, 5.74) is 5.43. The molecule has 1 heterocycles. The van der Waals surface area contributed by atoms with Crippen molar-refractivity contribution in [3.63, 3.8) is 0 Å². The zero-order valence-electron chi connectivity index (χ0n) is 12.3. The van der Waals surface area contributed by atoms with Crippen molar-refractivity contribution in [2.75, 3.05) is 7.11 Å². The number of carbonyl (C=O) groups excluding carboxylic acids is 1. The number of hydrogen-bond donors (Lipinski definition) is 1. The summed E-state index contributed by atoms with van der Waals surface area (Å²) < 4.78 is 5.31. The second kappa shape index (κ2) is 6.65. The monoisotopic (exact) mass is 283 g/mol. The van der Waals surface area contributed by atoms with Gasteiger partial charge in [0.05, 0.1) is 12.8 Å². The molecule has 0 aliphatic rings. The van der Waals surface area contributed by atoms with Crippen LogP contribution < -0.4 is 10.2 Å². The van der Waals surface area contributed by atoms with Crippen LogP contribution in [-0.2, 0) is 0 Å². The van der Waals surface area contributed by atoms with Gasteiger partial charge in [-0.3, -0.25) is 9.78 Å². The highest BCUT2D eigenvalue weighted by atomic mass is 16.5. The summed E-state index contributed by atoms with van der Waals surface area (Å²) in [5.74, 6) is 0.371. The Kier molecular flexibility index (Phi) is 4.66. The quantitative estimate of drug-likeness (QED) is 0.693. The number of amides is 1. The second-order valence-corrected chi connectivity index (χ2v) is 4.56. The topological polar surface area (TPSA) is 63.6 Å². The molecule has 0 saturated heterocycles. The van der Waals surface area contributed by atoms with Crippen molar-refractivity contribution in [3.05, 3.63) is 59.4 Å². The zero-order valence-corrected chi connectivity index (χ0v) is 12.3. The molecule has 0 fully saturated rings. The Morgan fingerprint density at radius 1 is 1.29 bits per heavy atom. The molecule has 0 aliphatic heterocycles. The van der Waals surface area contributed by atoms with Crippen LogP contribution in [0.2, 0.25) is 0 Å². The first-order valence-electron chi connectivity index (χ1n) is 6.52. The number of nitrogens with zero attached hydrogens (tertiary/aromatic N) is 2. The molecule has 5 nitrogen and oxygen atoms in total.